The zero-order chi connectivity index (χ0) is 15.8. The van der Waals surface area contributed by atoms with Gasteiger partial charge in [0.05, 0.1) is 0 Å². The second-order valence-electron chi connectivity index (χ2n) is 7.26. The van der Waals surface area contributed by atoms with Crippen molar-refractivity contribution >= 4 is 12.0 Å². The lowest BCUT2D eigenvalue weighted by molar-refractivity contribution is -0.139. The van der Waals surface area contributed by atoms with Crippen LogP contribution >= 0.6 is 0 Å². The van der Waals surface area contributed by atoms with Crippen molar-refractivity contribution in [3.63, 3.8) is 0 Å². The number of hydrogen-bond acceptors (Lipinski definition) is 2. The Morgan fingerprint density at radius 3 is 2.67 bits per heavy atom. The van der Waals surface area contributed by atoms with Crippen LogP contribution < -0.4 is 5.32 Å². The van der Waals surface area contributed by atoms with Gasteiger partial charge in [-0.1, -0.05) is 26.8 Å². The molecule has 0 aromatic heterocycles. The number of amides is 2. The number of likely N-dealkylation sites (tertiary alicyclic amines) is 1. The summed E-state index contributed by atoms with van der Waals surface area (Å²) in [6, 6.07) is -1.16. The van der Waals surface area contributed by atoms with Gasteiger partial charge in [0.25, 0.3) is 0 Å². The van der Waals surface area contributed by atoms with Gasteiger partial charge in [-0.2, -0.15) is 0 Å². The van der Waals surface area contributed by atoms with Crippen molar-refractivity contribution in [3.05, 3.63) is 12.7 Å². The Morgan fingerprint density at radius 1 is 1.48 bits per heavy atom. The van der Waals surface area contributed by atoms with E-state index < -0.39 is 12.0 Å². The molecular weight excluding hydrogens is 268 g/mol. The number of rotatable bonds is 4. The predicted molar refractivity (Wildman–Crippen MR) is 81.0 cm³/mol. The standard InChI is InChI=1S/C16H26N2O3/c1-5-6-12(13(19)20)17-14(21)18-9-11-7-8-16(4,10-18)15(11,2)3/h5,11-12H,1,6-10H2,2-4H3,(H,17,21)(H,19,20)/t11-,12-,16+/m1/s1. The summed E-state index contributed by atoms with van der Waals surface area (Å²) in [7, 11) is 0. The van der Waals surface area contributed by atoms with Crippen molar-refractivity contribution < 1.29 is 14.7 Å². The molecule has 2 aliphatic rings. The number of hydrogen-bond donors (Lipinski definition) is 2. The highest BCUT2D eigenvalue weighted by atomic mass is 16.4. The van der Waals surface area contributed by atoms with Gasteiger partial charge in [0.1, 0.15) is 6.04 Å². The summed E-state index contributed by atoms with van der Waals surface area (Å²) in [5, 5.41) is 11.7. The highest BCUT2D eigenvalue weighted by Crippen LogP contribution is 2.58. The van der Waals surface area contributed by atoms with E-state index in [0.717, 1.165) is 19.4 Å². The zero-order valence-electron chi connectivity index (χ0n) is 13.2. The number of nitrogens with zero attached hydrogens (tertiary/aromatic N) is 1. The molecular formula is C16H26N2O3. The van der Waals surface area contributed by atoms with Gasteiger partial charge in [-0.05, 0) is 36.0 Å². The van der Waals surface area contributed by atoms with Crippen LogP contribution in [0.2, 0.25) is 0 Å². The van der Waals surface area contributed by atoms with E-state index in [9.17, 15) is 9.59 Å². The fraction of sp³-hybridized carbons (Fsp3) is 0.750. The Morgan fingerprint density at radius 2 is 2.14 bits per heavy atom. The third-order valence-corrected chi connectivity index (χ3v) is 5.89. The van der Waals surface area contributed by atoms with E-state index in [0.29, 0.717) is 12.5 Å². The van der Waals surface area contributed by atoms with Crippen LogP contribution in [-0.4, -0.2) is 41.1 Å². The van der Waals surface area contributed by atoms with Crippen molar-refractivity contribution in [1.29, 1.82) is 0 Å². The molecule has 1 heterocycles. The van der Waals surface area contributed by atoms with Crippen LogP contribution in [-0.2, 0) is 4.79 Å². The average Bonchev–Trinajstić information content (AvgIpc) is 2.55. The van der Waals surface area contributed by atoms with Gasteiger partial charge in [-0.15, -0.1) is 6.58 Å². The topological polar surface area (TPSA) is 69.6 Å². The number of carbonyl (C=O) groups is 2. The van der Waals surface area contributed by atoms with Gasteiger partial charge >= 0.3 is 12.0 Å². The van der Waals surface area contributed by atoms with E-state index in [1.807, 2.05) is 0 Å². The van der Waals surface area contributed by atoms with Crippen molar-refractivity contribution in [2.24, 2.45) is 16.7 Å². The Balaban J connectivity index is 2.05. The summed E-state index contributed by atoms with van der Waals surface area (Å²) in [5.41, 5.74) is 0.349. The number of nitrogens with one attached hydrogen (secondary N) is 1. The number of carboxylic acid groups (broad SMARTS) is 1. The summed E-state index contributed by atoms with van der Waals surface area (Å²) in [6.45, 7) is 11.8. The van der Waals surface area contributed by atoms with E-state index in [-0.39, 0.29) is 23.3 Å². The molecule has 5 heteroatoms. The quantitative estimate of drug-likeness (QED) is 0.783. The molecule has 0 unspecified atom stereocenters. The first-order chi connectivity index (χ1) is 9.71. The van der Waals surface area contributed by atoms with Gasteiger partial charge in [0, 0.05) is 13.1 Å². The predicted octanol–water partition coefficient (Wildman–Crippen LogP) is 2.48. The van der Waals surface area contributed by atoms with Crippen LogP contribution in [0.15, 0.2) is 12.7 Å². The molecule has 21 heavy (non-hydrogen) atoms. The fourth-order valence-electron chi connectivity index (χ4n) is 3.81. The van der Waals surface area contributed by atoms with E-state index in [1.165, 1.54) is 6.08 Å². The van der Waals surface area contributed by atoms with Gasteiger partial charge in [0.15, 0.2) is 0 Å². The molecule has 1 saturated heterocycles. The monoisotopic (exact) mass is 294 g/mol. The number of aliphatic carboxylic acids is 1. The average molecular weight is 294 g/mol. The number of carboxylic acids is 1. The van der Waals surface area contributed by atoms with Gasteiger partial charge < -0.3 is 15.3 Å². The molecule has 1 aliphatic heterocycles. The molecule has 2 rings (SSSR count). The van der Waals surface area contributed by atoms with Crippen LogP contribution in [0.5, 0.6) is 0 Å². The maximum atomic E-state index is 12.4. The highest BCUT2D eigenvalue weighted by Gasteiger charge is 2.56. The molecule has 1 saturated carbocycles. The van der Waals surface area contributed by atoms with E-state index in [1.54, 1.807) is 4.90 Å². The molecule has 118 valence electrons. The SMILES string of the molecule is C=CC[C@@H](NC(=O)N1C[C@H]2CC[C@@](C)(C1)C2(C)C)C(=O)O. The molecule has 2 fully saturated rings. The van der Waals surface area contributed by atoms with Gasteiger partial charge in [0.2, 0.25) is 0 Å². The van der Waals surface area contributed by atoms with Crippen molar-refractivity contribution in [2.75, 3.05) is 13.1 Å². The summed E-state index contributed by atoms with van der Waals surface area (Å²) in [4.78, 5) is 25.3. The van der Waals surface area contributed by atoms with Crippen LogP contribution in [0.25, 0.3) is 0 Å². The Bertz CT molecular complexity index is 460. The maximum absolute atomic E-state index is 12.4. The first-order valence-electron chi connectivity index (χ1n) is 7.60. The minimum atomic E-state index is -1.02. The summed E-state index contributed by atoms with van der Waals surface area (Å²) in [5.74, 6) is -0.528. The van der Waals surface area contributed by atoms with Crippen molar-refractivity contribution in [1.82, 2.24) is 10.2 Å². The van der Waals surface area contributed by atoms with Crippen molar-refractivity contribution in [2.45, 2.75) is 46.1 Å². The van der Waals surface area contributed by atoms with Crippen LogP contribution in [0.1, 0.15) is 40.0 Å². The fourth-order valence-corrected chi connectivity index (χ4v) is 3.81. The molecule has 2 N–H and O–H groups in total. The largest absolute Gasteiger partial charge is 0.480 e. The Hall–Kier alpha value is -1.52. The lowest BCUT2D eigenvalue weighted by Crippen LogP contribution is -2.57. The second kappa shape index (κ2) is 5.35. The van der Waals surface area contributed by atoms with Gasteiger partial charge in [-0.3, -0.25) is 0 Å². The van der Waals surface area contributed by atoms with E-state index >= 15 is 0 Å². The highest BCUT2D eigenvalue weighted by molar-refractivity contribution is 5.82. The molecule has 3 atom stereocenters. The zero-order valence-corrected chi connectivity index (χ0v) is 13.2. The van der Waals surface area contributed by atoms with Crippen molar-refractivity contribution in [3.8, 4) is 0 Å². The first kappa shape index (κ1) is 15.9. The summed E-state index contributed by atoms with van der Waals surface area (Å²) in [6.07, 6.45) is 4.02. The molecule has 2 amide bonds. The smallest absolute Gasteiger partial charge is 0.326 e. The summed E-state index contributed by atoms with van der Waals surface area (Å²) >= 11 is 0. The normalized spacial score (nSPS) is 31.6. The van der Waals surface area contributed by atoms with E-state index in [2.05, 4.69) is 32.7 Å². The molecule has 2 bridgehead atoms. The third-order valence-electron chi connectivity index (χ3n) is 5.89. The third kappa shape index (κ3) is 2.65. The lowest BCUT2D eigenvalue weighted by atomic mass is 9.63. The molecule has 0 aromatic rings. The number of carbonyl (C=O) groups excluding carboxylic acids is 1. The minimum Gasteiger partial charge on any atom is -0.480 e. The minimum absolute atomic E-state index is 0.115. The van der Waals surface area contributed by atoms with E-state index in [4.69, 9.17) is 5.11 Å². The molecule has 0 spiro atoms. The second-order valence-corrected chi connectivity index (χ2v) is 7.26. The lowest BCUT2D eigenvalue weighted by Gasteiger charge is -2.50. The number of piperidine rings is 1. The van der Waals surface area contributed by atoms with Crippen LogP contribution in [0.3, 0.4) is 0 Å². The van der Waals surface area contributed by atoms with Crippen LogP contribution in [0, 0.1) is 16.7 Å². The Labute approximate surface area is 126 Å². The molecule has 0 aromatic carbocycles. The summed E-state index contributed by atoms with van der Waals surface area (Å²) < 4.78 is 0. The number of fused-ring (bicyclic) bond motifs is 2. The maximum Gasteiger partial charge on any atom is 0.326 e. The molecule has 0 radical (unpaired) electrons. The number of urea groups is 1. The first-order valence-corrected chi connectivity index (χ1v) is 7.60. The van der Waals surface area contributed by atoms with Crippen LogP contribution in [0.4, 0.5) is 4.79 Å². The molecule has 5 nitrogen and oxygen atoms in total. The van der Waals surface area contributed by atoms with Gasteiger partial charge in [-0.25, -0.2) is 9.59 Å². The molecule has 1 aliphatic carbocycles. The Kier molecular flexibility index (Phi) is 4.04.